The summed E-state index contributed by atoms with van der Waals surface area (Å²) in [5.41, 5.74) is 2.18. The largest absolute Gasteiger partial charge is 0.477 e. The van der Waals surface area contributed by atoms with Crippen molar-refractivity contribution in [2.75, 3.05) is 5.75 Å². The van der Waals surface area contributed by atoms with Crippen molar-refractivity contribution < 1.29 is 19.8 Å². The van der Waals surface area contributed by atoms with E-state index >= 15 is 0 Å². The number of para-hydroxylation sites is 2. The number of allylic oxidation sites excluding steroid dienone is 1. The second kappa shape index (κ2) is 9.66. The lowest BCUT2D eigenvalue weighted by molar-refractivity contribution is 0.0681. The van der Waals surface area contributed by atoms with E-state index in [9.17, 15) is 9.59 Å². The molecule has 0 spiro atoms. The molecule has 7 heteroatoms. The molecule has 0 aliphatic carbocycles. The molecule has 1 aliphatic heterocycles. The van der Waals surface area contributed by atoms with E-state index in [1.165, 1.54) is 12.2 Å². The van der Waals surface area contributed by atoms with Crippen molar-refractivity contribution in [1.29, 1.82) is 0 Å². The van der Waals surface area contributed by atoms with E-state index in [1.807, 2.05) is 60.3 Å². The number of thioether (sulfide) groups is 1. The monoisotopic (exact) mass is 408 g/mol. The Labute approximate surface area is 171 Å². The smallest absolute Gasteiger partial charge is 0.352 e. The number of fused-ring (bicyclic) bond motifs is 2. The van der Waals surface area contributed by atoms with Gasteiger partial charge in [0.15, 0.2) is 0 Å². The molecule has 4 N–H and O–H groups in total. The third-order valence-electron chi connectivity index (χ3n) is 4.12. The fourth-order valence-electron chi connectivity index (χ4n) is 2.72. The van der Waals surface area contributed by atoms with Crippen LogP contribution in [0.2, 0.25) is 0 Å². The fourth-order valence-corrected chi connectivity index (χ4v) is 3.40. The fraction of sp³-hybridized carbons (Fsp3) is 0.0909. The summed E-state index contributed by atoms with van der Waals surface area (Å²) in [7, 11) is 0. The molecular weight excluding hydrogens is 388 g/mol. The number of benzene rings is 2. The van der Waals surface area contributed by atoms with Gasteiger partial charge in [0.1, 0.15) is 11.4 Å². The zero-order chi connectivity index (χ0) is 20.6. The second-order valence-corrected chi connectivity index (χ2v) is 7.20. The van der Waals surface area contributed by atoms with Crippen LogP contribution in [0.3, 0.4) is 0 Å². The molecule has 3 heterocycles. The van der Waals surface area contributed by atoms with Crippen LogP contribution in [0.1, 0.15) is 27.4 Å². The summed E-state index contributed by atoms with van der Waals surface area (Å²) in [6, 6.07) is 18.2. The van der Waals surface area contributed by atoms with Crippen molar-refractivity contribution in [3.63, 3.8) is 0 Å². The van der Waals surface area contributed by atoms with Crippen LogP contribution in [0.4, 0.5) is 0 Å². The van der Waals surface area contributed by atoms with E-state index in [2.05, 4.69) is 21.5 Å². The highest BCUT2D eigenvalue weighted by molar-refractivity contribution is 8.02. The maximum Gasteiger partial charge on any atom is 0.352 e. The van der Waals surface area contributed by atoms with Crippen molar-refractivity contribution in [2.45, 2.75) is 6.42 Å². The van der Waals surface area contributed by atoms with Gasteiger partial charge in [-0.3, -0.25) is 0 Å². The van der Waals surface area contributed by atoms with Gasteiger partial charge in [-0.25, -0.2) is 9.59 Å². The number of rotatable bonds is 2. The molecule has 29 heavy (non-hydrogen) atoms. The number of hydrogen-bond donors (Lipinski definition) is 4. The molecule has 2 aromatic heterocycles. The number of nitrogens with one attached hydrogen (secondary N) is 2. The van der Waals surface area contributed by atoms with E-state index in [-0.39, 0.29) is 11.4 Å². The number of aromatic nitrogens is 2. The Hall–Kier alpha value is -3.45. The quantitative estimate of drug-likeness (QED) is 0.357. The minimum atomic E-state index is -0.925. The first-order chi connectivity index (χ1) is 14.0. The Morgan fingerprint density at radius 2 is 1.28 bits per heavy atom. The maximum absolute atomic E-state index is 10.5. The van der Waals surface area contributed by atoms with Crippen molar-refractivity contribution in [2.24, 2.45) is 0 Å². The standard InChI is InChI=1S/2C9H7NO2.C4H6S/c2*11-9(12)8-5-6-3-1-2-4-7(6)10-8;1-2-4-5-3-1/h2*1-5,10H,(H,11,12);1,3H,2,4H2. The van der Waals surface area contributed by atoms with Crippen LogP contribution in [0, 0.1) is 0 Å². The summed E-state index contributed by atoms with van der Waals surface area (Å²) >= 11 is 1.89. The lowest BCUT2D eigenvalue weighted by atomic mass is 10.2. The van der Waals surface area contributed by atoms with Crippen LogP contribution in [-0.4, -0.2) is 37.9 Å². The van der Waals surface area contributed by atoms with Crippen molar-refractivity contribution in [3.05, 3.63) is 83.5 Å². The van der Waals surface area contributed by atoms with E-state index < -0.39 is 11.9 Å². The molecular formula is C22H20N2O4S. The average Bonchev–Trinajstić information content (AvgIpc) is 3.49. The predicted octanol–water partition coefficient (Wildman–Crippen LogP) is 5.37. The molecule has 4 aromatic rings. The van der Waals surface area contributed by atoms with Crippen molar-refractivity contribution >= 4 is 45.5 Å². The molecule has 0 amide bonds. The first-order valence-corrected chi connectivity index (χ1v) is 9.98. The van der Waals surface area contributed by atoms with Crippen molar-refractivity contribution in [3.8, 4) is 0 Å². The van der Waals surface area contributed by atoms with Gasteiger partial charge in [-0.05, 0) is 36.1 Å². The topological polar surface area (TPSA) is 106 Å². The summed E-state index contributed by atoms with van der Waals surface area (Å²) in [4.78, 5) is 26.7. The molecule has 0 saturated carbocycles. The molecule has 0 unspecified atom stereocenters. The van der Waals surface area contributed by atoms with Crippen LogP contribution in [-0.2, 0) is 0 Å². The summed E-state index contributed by atoms with van der Waals surface area (Å²) < 4.78 is 0. The normalized spacial score (nSPS) is 12.1. The van der Waals surface area contributed by atoms with E-state index in [0.29, 0.717) is 0 Å². The molecule has 5 rings (SSSR count). The van der Waals surface area contributed by atoms with Gasteiger partial charge in [0, 0.05) is 27.6 Å². The third kappa shape index (κ3) is 5.52. The number of carboxylic acids is 2. The van der Waals surface area contributed by atoms with Crippen LogP contribution < -0.4 is 0 Å². The van der Waals surface area contributed by atoms with Gasteiger partial charge in [-0.15, -0.1) is 11.8 Å². The highest BCUT2D eigenvalue weighted by Crippen LogP contribution is 2.15. The van der Waals surface area contributed by atoms with Gasteiger partial charge in [0.2, 0.25) is 0 Å². The molecule has 1 aliphatic rings. The molecule has 2 aromatic carbocycles. The van der Waals surface area contributed by atoms with Crippen LogP contribution in [0.5, 0.6) is 0 Å². The average molecular weight is 408 g/mol. The van der Waals surface area contributed by atoms with Gasteiger partial charge >= 0.3 is 11.9 Å². The summed E-state index contributed by atoms with van der Waals surface area (Å²) in [6.45, 7) is 0. The highest BCUT2D eigenvalue weighted by atomic mass is 32.2. The molecule has 0 bridgehead atoms. The first-order valence-electron chi connectivity index (χ1n) is 8.93. The molecule has 148 valence electrons. The summed E-state index contributed by atoms with van der Waals surface area (Å²) in [5, 5.41) is 21.3. The van der Waals surface area contributed by atoms with Gasteiger partial charge in [0.05, 0.1) is 0 Å². The maximum atomic E-state index is 10.5. The summed E-state index contributed by atoms with van der Waals surface area (Å²) in [5.74, 6) is -0.544. The number of aromatic carboxylic acids is 2. The predicted molar refractivity (Wildman–Crippen MR) is 117 cm³/mol. The van der Waals surface area contributed by atoms with Crippen LogP contribution in [0.15, 0.2) is 72.1 Å². The Kier molecular flexibility index (Phi) is 6.76. The number of carboxylic acid groups (broad SMARTS) is 2. The lowest BCUT2D eigenvalue weighted by Crippen LogP contribution is -1.94. The van der Waals surface area contributed by atoms with Crippen molar-refractivity contribution in [1.82, 2.24) is 9.97 Å². The van der Waals surface area contributed by atoms with Crippen LogP contribution >= 0.6 is 11.8 Å². The Morgan fingerprint density at radius 3 is 1.59 bits per heavy atom. The van der Waals surface area contributed by atoms with E-state index in [4.69, 9.17) is 10.2 Å². The number of H-pyrrole nitrogens is 2. The minimum Gasteiger partial charge on any atom is -0.477 e. The van der Waals surface area contributed by atoms with Gasteiger partial charge < -0.3 is 20.2 Å². The molecule has 0 saturated heterocycles. The molecule has 0 atom stereocenters. The second-order valence-electron chi connectivity index (χ2n) is 6.18. The molecule has 0 radical (unpaired) electrons. The lowest BCUT2D eigenvalue weighted by Gasteiger charge is -1.84. The number of hydrogen-bond acceptors (Lipinski definition) is 3. The van der Waals surface area contributed by atoms with Gasteiger partial charge in [0.25, 0.3) is 0 Å². The summed E-state index contributed by atoms with van der Waals surface area (Å²) in [6.07, 6.45) is 3.48. The number of aromatic amines is 2. The van der Waals surface area contributed by atoms with Crippen LogP contribution in [0.25, 0.3) is 21.8 Å². The van der Waals surface area contributed by atoms with E-state index in [1.54, 1.807) is 12.1 Å². The molecule has 6 nitrogen and oxygen atoms in total. The Bertz CT molecular complexity index is 1000. The first kappa shape index (κ1) is 20.3. The SMILES string of the molecule is C1=CSCC1.O=C(O)c1cc2ccccc2[nH]1.O=C(O)c1cc2ccccc2[nH]1. The zero-order valence-electron chi connectivity index (χ0n) is 15.5. The zero-order valence-corrected chi connectivity index (χ0v) is 16.3. The van der Waals surface area contributed by atoms with Gasteiger partial charge in [-0.2, -0.15) is 0 Å². The highest BCUT2D eigenvalue weighted by Gasteiger charge is 2.06. The minimum absolute atomic E-state index is 0.233. The van der Waals surface area contributed by atoms with E-state index in [0.717, 1.165) is 21.8 Å². The third-order valence-corrected chi connectivity index (χ3v) is 4.97. The Balaban J connectivity index is 0.000000135. The molecule has 0 fully saturated rings. The van der Waals surface area contributed by atoms with Gasteiger partial charge in [-0.1, -0.05) is 42.5 Å². The number of carbonyl (C=O) groups is 2. The Morgan fingerprint density at radius 1 is 0.793 bits per heavy atom.